The summed E-state index contributed by atoms with van der Waals surface area (Å²) in [5.74, 6) is 2.09. The third kappa shape index (κ3) is 4.90. The fourth-order valence-electron chi connectivity index (χ4n) is 4.91. The summed E-state index contributed by atoms with van der Waals surface area (Å²) in [7, 11) is 3.46. The summed E-state index contributed by atoms with van der Waals surface area (Å²) in [5.41, 5.74) is 5.23. The highest BCUT2D eigenvalue weighted by molar-refractivity contribution is 5.77. The normalized spacial score (nSPS) is 15.6. The Kier molecular flexibility index (Phi) is 6.84. The van der Waals surface area contributed by atoms with Crippen LogP contribution < -0.4 is 25.0 Å². The fraction of sp³-hybridized carbons (Fsp3) is 0.370. The van der Waals surface area contributed by atoms with E-state index in [2.05, 4.69) is 42.5 Å². The van der Waals surface area contributed by atoms with Crippen LogP contribution in [0.3, 0.4) is 0 Å². The van der Waals surface area contributed by atoms with Crippen LogP contribution >= 0.6 is 0 Å². The van der Waals surface area contributed by atoms with Gasteiger partial charge in [-0.15, -0.1) is 0 Å². The minimum atomic E-state index is 0.611. The second-order valence-electron chi connectivity index (χ2n) is 9.32. The van der Waals surface area contributed by atoms with E-state index < -0.39 is 0 Å². The topological polar surface area (TPSA) is 101 Å². The zero-order chi connectivity index (χ0) is 25.9. The summed E-state index contributed by atoms with van der Waals surface area (Å²) >= 11 is 0. The molecule has 0 atom stereocenters. The molecule has 0 amide bonds. The van der Waals surface area contributed by atoms with Gasteiger partial charge in [-0.2, -0.15) is 0 Å². The summed E-state index contributed by atoms with van der Waals surface area (Å²) < 4.78 is 18.6. The zero-order valence-electron chi connectivity index (χ0n) is 21.7. The number of nitrogens with zero attached hydrogens (tertiary/aromatic N) is 6. The van der Waals surface area contributed by atoms with Gasteiger partial charge in [0.2, 0.25) is 5.88 Å². The lowest BCUT2D eigenvalue weighted by Gasteiger charge is -2.36. The molecule has 1 aromatic carbocycles. The van der Waals surface area contributed by atoms with Crippen LogP contribution in [0.2, 0.25) is 0 Å². The second kappa shape index (κ2) is 10.7. The van der Waals surface area contributed by atoms with Gasteiger partial charge >= 0.3 is 0 Å². The molecule has 4 aromatic rings. The van der Waals surface area contributed by atoms with E-state index in [0.29, 0.717) is 18.3 Å². The number of fused-ring (bicyclic) bond motifs is 2. The van der Waals surface area contributed by atoms with Crippen molar-refractivity contribution in [2.45, 2.75) is 0 Å². The van der Waals surface area contributed by atoms with E-state index in [0.717, 1.165) is 85.6 Å². The Morgan fingerprint density at radius 2 is 2.00 bits per heavy atom. The summed E-state index contributed by atoms with van der Waals surface area (Å²) in [5, 5.41) is 6.80. The number of hydrogen-bond acceptors (Lipinski definition) is 10. The van der Waals surface area contributed by atoms with Crippen molar-refractivity contribution in [1.29, 1.82) is 0 Å². The smallest absolute Gasteiger partial charge is 0.237 e. The lowest BCUT2D eigenvalue weighted by atomic mass is 10.2. The summed E-state index contributed by atoms with van der Waals surface area (Å²) in [6.07, 6.45) is 7.42. The van der Waals surface area contributed by atoms with Crippen molar-refractivity contribution in [3.05, 3.63) is 49.1 Å². The van der Waals surface area contributed by atoms with Gasteiger partial charge in [0.1, 0.15) is 12.4 Å². The van der Waals surface area contributed by atoms with Crippen LogP contribution in [-0.2, 0) is 4.74 Å². The van der Waals surface area contributed by atoms with Crippen LogP contribution in [0, 0.1) is 0 Å². The highest BCUT2D eigenvalue weighted by atomic mass is 16.5. The van der Waals surface area contributed by atoms with Gasteiger partial charge in [-0.1, -0.05) is 0 Å². The van der Waals surface area contributed by atoms with Crippen LogP contribution in [0.25, 0.3) is 16.9 Å². The Bertz CT molecular complexity index is 1420. The average Bonchev–Trinajstić information content (AvgIpc) is 3.45. The van der Waals surface area contributed by atoms with E-state index in [-0.39, 0.29) is 0 Å². The predicted molar refractivity (Wildman–Crippen MR) is 147 cm³/mol. The number of hydrogen-bond donors (Lipinski definition) is 2. The molecule has 0 aliphatic carbocycles. The molecule has 0 spiro atoms. The first-order chi connectivity index (χ1) is 18.7. The number of ether oxygens (including phenoxy) is 3. The molecule has 38 heavy (non-hydrogen) atoms. The predicted octanol–water partition coefficient (Wildman–Crippen LogP) is 3.12. The highest BCUT2D eigenvalue weighted by Crippen LogP contribution is 2.34. The van der Waals surface area contributed by atoms with Crippen molar-refractivity contribution in [2.24, 2.45) is 0 Å². The number of nitrogens with one attached hydrogen (secondary N) is 2. The number of rotatable bonds is 8. The average molecular weight is 517 g/mol. The Hall–Kier alpha value is -4.09. The maximum absolute atomic E-state index is 5.80. The van der Waals surface area contributed by atoms with Gasteiger partial charge in [0, 0.05) is 88.5 Å². The van der Waals surface area contributed by atoms with E-state index in [1.807, 2.05) is 28.9 Å². The van der Waals surface area contributed by atoms with Crippen LogP contribution in [0.15, 0.2) is 49.1 Å². The number of methoxy groups -OCH3 is 2. The number of piperazine rings is 1. The van der Waals surface area contributed by atoms with Crippen LogP contribution in [-0.4, -0.2) is 91.0 Å². The molecule has 6 rings (SSSR count). The highest BCUT2D eigenvalue weighted by Gasteiger charge is 2.20. The second-order valence-corrected chi connectivity index (χ2v) is 9.32. The largest absolute Gasteiger partial charge is 0.495 e. The minimum absolute atomic E-state index is 0.611. The van der Waals surface area contributed by atoms with E-state index in [9.17, 15) is 0 Å². The van der Waals surface area contributed by atoms with Crippen LogP contribution in [0.1, 0.15) is 0 Å². The van der Waals surface area contributed by atoms with E-state index in [1.165, 1.54) is 0 Å². The van der Waals surface area contributed by atoms with Crippen LogP contribution in [0.5, 0.6) is 11.6 Å². The van der Waals surface area contributed by atoms with Gasteiger partial charge in [-0.3, -0.25) is 4.90 Å². The lowest BCUT2D eigenvalue weighted by molar-refractivity contribution is 0.144. The molecule has 2 N–H and O–H groups in total. The quantitative estimate of drug-likeness (QED) is 0.363. The van der Waals surface area contributed by atoms with Gasteiger partial charge in [0.25, 0.3) is 0 Å². The third-order valence-electron chi connectivity index (χ3n) is 6.94. The van der Waals surface area contributed by atoms with Crippen LogP contribution in [0.4, 0.5) is 22.9 Å². The minimum Gasteiger partial charge on any atom is -0.495 e. The van der Waals surface area contributed by atoms with Gasteiger partial charge in [0.15, 0.2) is 11.5 Å². The Balaban J connectivity index is 1.25. The standard InChI is InChI=1S/C27H32N8O3/c1-36-14-12-33-8-10-34(11-9-33)23-4-3-20(16-24(23)37-2)31-25-26-29-5-7-35(26)18-22(32-25)19-15-21-27(30-17-19)38-13-6-28-21/h3-5,7,15-18,28H,6,8-14H2,1-2H3,(H,31,32). The van der Waals surface area contributed by atoms with E-state index in [1.54, 1.807) is 26.6 Å². The molecule has 1 saturated heterocycles. The first-order valence-corrected chi connectivity index (χ1v) is 12.8. The van der Waals surface area contributed by atoms with Crippen molar-refractivity contribution >= 4 is 28.5 Å². The van der Waals surface area contributed by atoms with Gasteiger partial charge in [-0.25, -0.2) is 15.0 Å². The number of anilines is 4. The third-order valence-corrected chi connectivity index (χ3v) is 6.94. The Morgan fingerprint density at radius 1 is 1.11 bits per heavy atom. The first kappa shape index (κ1) is 24.3. The van der Waals surface area contributed by atoms with Crippen molar-refractivity contribution in [3.63, 3.8) is 0 Å². The fourth-order valence-corrected chi connectivity index (χ4v) is 4.91. The maximum Gasteiger partial charge on any atom is 0.237 e. The number of imidazole rings is 1. The SMILES string of the molecule is COCCN1CCN(c2ccc(Nc3nc(-c4cnc5c(c4)NCCO5)cn4ccnc34)cc2OC)CC1. The monoisotopic (exact) mass is 516 g/mol. The molecule has 0 bridgehead atoms. The van der Waals surface area contributed by atoms with Crippen molar-refractivity contribution in [3.8, 4) is 22.9 Å². The van der Waals surface area contributed by atoms with Gasteiger partial charge in [0.05, 0.1) is 30.8 Å². The molecule has 0 saturated carbocycles. The molecule has 1 fully saturated rings. The molecule has 11 nitrogen and oxygen atoms in total. The Labute approximate surface area is 221 Å². The van der Waals surface area contributed by atoms with Gasteiger partial charge in [-0.05, 0) is 18.2 Å². The number of benzene rings is 1. The number of pyridine rings is 1. The molecular weight excluding hydrogens is 484 g/mol. The molecule has 0 unspecified atom stereocenters. The summed E-state index contributed by atoms with van der Waals surface area (Å²) in [4.78, 5) is 18.7. The molecule has 3 aromatic heterocycles. The van der Waals surface area contributed by atoms with Crippen molar-refractivity contribution < 1.29 is 14.2 Å². The first-order valence-electron chi connectivity index (χ1n) is 12.8. The Morgan fingerprint density at radius 3 is 2.84 bits per heavy atom. The van der Waals surface area contributed by atoms with Gasteiger partial charge < -0.3 is 34.1 Å². The lowest BCUT2D eigenvalue weighted by Crippen LogP contribution is -2.47. The molecule has 2 aliphatic heterocycles. The molecule has 2 aliphatic rings. The maximum atomic E-state index is 5.80. The molecule has 11 heteroatoms. The molecule has 0 radical (unpaired) electrons. The molecular formula is C27H32N8O3. The number of aromatic nitrogens is 4. The van der Waals surface area contributed by atoms with Crippen molar-refractivity contribution in [1.82, 2.24) is 24.3 Å². The zero-order valence-corrected chi connectivity index (χ0v) is 21.7. The van der Waals surface area contributed by atoms with E-state index >= 15 is 0 Å². The van der Waals surface area contributed by atoms with Crippen molar-refractivity contribution in [2.75, 3.05) is 82.2 Å². The molecule has 5 heterocycles. The summed E-state index contributed by atoms with van der Waals surface area (Å²) in [6, 6.07) is 8.20. The van der Waals surface area contributed by atoms with E-state index in [4.69, 9.17) is 19.2 Å². The summed E-state index contributed by atoms with van der Waals surface area (Å²) in [6.45, 7) is 6.97. The molecule has 198 valence electrons.